The molecule has 1 fully saturated rings. The number of carbonyl (C=O) groups is 1. The molecule has 0 amide bonds. The molecular weight excluding hydrogens is 421 g/mol. The van der Waals surface area contributed by atoms with Gasteiger partial charge in [-0.2, -0.15) is 13.2 Å². The van der Waals surface area contributed by atoms with E-state index in [-0.39, 0.29) is 11.7 Å². The summed E-state index contributed by atoms with van der Waals surface area (Å²) in [5.41, 5.74) is 2.65. The van der Waals surface area contributed by atoms with Gasteiger partial charge in [0.2, 0.25) is 0 Å². The Hall–Kier alpha value is -3.39. The highest BCUT2D eigenvalue weighted by Gasteiger charge is 2.31. The number of pyridine rings is 1. The number of aromatic nitrogens is 1. The van der Waals surface area contributed by atoms with E-state index in [4.69, 9.17) is 9.84 Å². The standard InChI is InChI=1S/C24H21F3N2O3/c1-15-10-17(4-8-21(15)23(30)31)22-9-7-19(11-28-22)32-20-13-29(14-20)12-16-2-5-18(6-3-16)24(25,26)27/h2-11,20H,12-14H2,1H3,(H,30,31). The largest absolute Gasteiger partial charge is 0.486 e. The first-order valence-corrected chi connectivity index (χ1v) is 10.0. The average Bonchev–Trinajstić information content (AvgIpc) is 2.72. The fourth-order valence-electron chi connectivity index (χ4n) is 3.66. The smallest absolute Gasteiger partial charge is 0.416 e. The summed E-state index contributed by atoms with van der Waals surface area (Å²) in [6.07, 6.45) is -2.69. The van der Waals surface area contributed by atoms with Crippen LogP contribution in [0.25, 0.3) is 11.3 Å². The second-order valence-electron chi connectivity index (χ2n) is 7.84. The van der Waals surface area contributed by atoms with Crippen LogP contribution in [0.2, 0.25) is 0 Å². The number of rotatable bonds is 6. The van der Waals surface area contributed by atoms with Crippen molar-refractivity contribution in [3.63, 3.8) is 0 Å². The van der Waals surface area contributed by atoms with Crippen molar-refractivity contribution in [1.82, 2.24) is 9.88 Å². The molecule has 4 rings (SSSR count). The van der Waals surface area contributed by atoms with E-state index >= 15 is 0 Å². The van der Waals surface area contributed by atoms with E-state index in [1.807, 2.05) is 12.1 Å². The number of carboxylic acid groups (broad SMARTS) is 1. The first-order valence-electron chi connectivity index (χ1n) is 10.0. The second-order valence-corrected chi connectivity index (χ2v) is 7.84. The number of nitrogens with zero attached hydrogens (tertiary/aromatic N) is 2. The van der Waals surface area contributed by atoms with Crippen LogP contribution in [-0.2, 0) is 12.7 Å². The molecule has 1 N–H and O–H groups in total. The fraction of sp³-hybridized carbons (Fsp3) is 0.250. The highest BCUT2D eigenvalue weighted by Crippen LogP contribution is 2.30. The highest BCUT2D eigenvalue weighted by molar-refractivity contribution is 5.90. The normalized spacial score (nSPS) is 14.8. The molecule has 0 radical (unpaired) electrons. The zero-order valence-electron chi connectivity index (χ0n) is 17.3. The number of alkyl halides is 3. The van der Waals surface area contributed by atoms with Crippen LogP contribution in [0.15, 0.2) is 60.8 Å². The third-order valence-electron chi connectivity index (χ3n) is 5.40. The molecule has 0 aliphatic carbocycles. The zero-order valence-corrected chi connectivity index (χ0v) is 17.3. The van der Waals surface area contributed by atoms with Crippen LogP contribution in [0.1, 0.15) is 27.0 Å². The number of likely N-dealkylation sites (tertiary alicyclic amines) is 1. The van der Waals surface area contributed by atoms with Crippen LogP contribution in [-0.4, -0.2) is 40.2 Å². The van der Waals surface area contributed by atoms with Crippen molar-refractivity contribution in [3.8, 4) is 17.0 Å². The van der Waals surface area contributed by atoms with Crippen LogP contribution in [0.3, 0.4) is 0 Å². The third kappa shape index (κ3) is 4.91. The number of ether oxygens (including phenoxy) is 1. The lowest BCUT2D eigenvalue weighted by atomic mass is 10.0. The van der Waals surface area contributed by atoms with Gasteiger partial charge in [-0.1, -0.05) is 18.2 Å². The minimum atomic E-state index is -4.32. The van der Waals surface area contributed by atoms with E-state index in [9.17, 15) is 18.0 Å². The van der Waals surface area contributed by atoms with Gasteiger partial charge in [-0.25, -0.2) is 4.79 Å². The van der Waals surface area contributed by atoms with Gasteiger partial charge >= 0.3 is 12.1 Å². The molecule has 0 bridgehead atoms. The van der Waals surface area contributed by atoms with Crippen molar-refractivity contribution in [3.05, 3.63) is 83.0 Å². The number of aromatic carboxylic acids is 1. The van der Waals surface area contributed by atoms with E-state index in [1.54, 1.807) is 31.3 Å². The van der Waals surface area contributed by atoms with E-state index in [0.29, 0.717) is 30.9 Å². The summed E-state index contributed by atoms with van der Waals surface area (Å²) in [5, 5.41) is 9.14. The van der Waals surface area contributed by atoms with Gasteiger partial charge in [-0.05, 0) is 54.4 Å². The minimum absolute atomic E-state index is 0.00538. The topological polar surface area (TPSA) is 62.7 Å². The number of carboxylic acids is 1. The zero-order chi connectivity index (χ0) is 22.9. The quantitative estimate of drug-likeness (QED) is 0.580. The molecule has 32 heavy (non-hydrogen) atoms. The molecule has 5 nitrogen and oxygen atoms in total. The number of benzene rings is 2. The van der Waals surface area contributed by atoms with E-state index < -0.39 is 17.7 Å². The van der Waals surface area contributed by atoms with E-state index in [1.165, 1.54) is 12.1 Å². The van der Waals surface area contributed by atoms with Crippen molar-refractivity contribution in [2.24, 2.45) is 0 Å². The minimum Gasteiger partial charge on any atom is -0.486 e. The predicted molar refractivity (Wildman–Crippen MR) is 113 cm³/mol. The van der Waals surface area contributed by atoms with Gasteiger partial charge in [0.05, 0.1) is 23.0 Å². The van der Waals surface area contributed by atoms with Crippen molar-refractivity contribution >= 4 is 5.97 Å². The van der Waals surface area contributed by atoms with Crippen molar-refractivity contribution in [2.45, 2.75) is 25.7 Å². The molecule has 166 valence electrons. The third-order valence-corrected chi connectivity index (χ3v) is 5.40. The summed E-state index contributed by atoms with van der Waals surface area (Å²) in [5.74, 6) is -0.328. The van der Waals surface area contributed by atoms with E-state index in [2.05, 4.69) is 9.88 Å². The number of halogens is 3. The lowest BCUT2D eigenvalue weighted by Gasteiger charge is -2.39. The molecule has 0 saturated carbocycles. The summed E-state index contributed by atoms with van der Waals surface area (Å²) >= 11 is 0. The molecule has 0 unspecified atom stereocenters. The Balaban J connectivity index is 1.29. The predicted octanol–water partition coefficient (Wildman–Crippen LogP) is 5.04. The van der Waals surface area contributed by atoms with Crippen LogP contribution < -0.4 is 4.74 Å². The van der Waals surface area contributed by atoms with Gasteiger partial charge in [-0.15, -0.1) is 0 Å². The van der Waals surface area contributed by atoms with Crippen LogP contribution >= 0.6 is 0 Å². The molecule has 1 aromatic heterocycles. The molecule has 2 aromatic carbocycles. The molecule has 1 saturated heterocycles. The van der Waals surface area contributed by atoms with Gasteiger partial charge in [0.25, 0.3) is 0 Å². The Kier molecular flexibility index (Phi) is 5.88. The molecular formula is C24H21F3N2O3. The maximum atomic E-state index is 12.6. The van der Waals surface area contributed by atoms with E-state index in [0.717, 1.165) is 29.0 Å². The van der Waals surface area contributed by atoms with Crippen LogP contribution in [0.5, 0.6) is 5.75 Å². The fourth-order valence-corrected chi connectivity index (χ4v) is 3.66. The van der Waals surface area contributed by atoms with Crippen molar-refractivity contribution in [2.75, 3.05) is 13.1 Å². The van der Waals surface area contributed by atoms with Gasteiger partial charge in [0, 0.05) is 25.2 Å². The Morgan fingerprint density at radius 2 is 1.84 bits per heavy atom. The average molecular weight is 442 g/mol. The summed E-state index contributed by atoms with van der Waals surface area (Å²) in [4.78, 5) is 17.7. The molecule has 3 aromatic rings. The first-order chi connectivity index (χ1) is 15.2. The Morgan fingerprint density at radius 1 is 1.12 bits per heavy atom. The Morgan fingerprint density at radius 3 is 2.41 bits per heavy atom. The monoisotopic (exact) mass is 442 g/mol. The maximum Gasteiger partial charge on any atom is 0.416 e. The Bertz CT molecular complexity index is 1110. The lowest BCUT2D eigenvalue weighted by Crippen LogP contribution is -2.53. The number of hydrogen-bond acceptors (Lipinski definition) is 4. The number of aryl methyl sites for hydroxylation is 1. The molecule has 2 heterocycles. The number of hydrogen-bond donors (Lipinski definition) is 1. The molecule has 8 heteroatoms. The molecule has 0 spiro atoms. The van der Waals surface area contributed by atoms with Gasteiger partial charge in [-0.3, -0.25) is 9.88 Å². The lowest BCUT2D eigenvalue weighted by molar-refractivity contribution is -0.137. The SMILES string of the molecule is Cc1cc(-c2ccc(OC3CN(Cc4ccc(C(F)(F)F)cc4)C3)cn2)ccc1C(=O)O. The van der Waals surface area contributed by atoms with Crippen molar-refractivity contribution < 1.29 is 27.8 Å². The molecule has 1 aliphatic rings. The van der Waals surface area contributed by atoms with Gasteiger partial charge in [0.1, 0.15) is 11.9 Å². The summed E-state index contributed by atoms with van der Waals surface area (Å²) in [6, 6.07) is 13.9. The second kappa shape index (κ2) is 8.63. The summed E-state index contributed by atoms with van der Waals surface area (Å²) in [7, 11) is 0. The van der Waals surface area contributed by atoms with Crippen LogP contribution in [0.4, 0.5) is 13.2 Å². The molecule has 0 atom stereocenters. The summed E-state index contributed by atoms with van der Waals surface area (Å²) in [6.45, 7) is 3.68. The first kappa shape index (κ1) is 21.8. The van der Waals surface area contributed by atoms with Gasteiger partial charge < -0.3 is 9.84 Å². The maximum absolute atomic E-state index is 12.6. The highest BCUT2D eigenvalue weighted by atomic mass is 19.4. The Labute approximate surface area is 183 Å². The van der Waals surface area contributed by atoms with Crippen molar-refractivity contribution in [1.29, 1.82) is 0 Å². The molecule has 1 aliphatic heterocycles. The van der Waals surface area contributed by atoms with Crippen LogP contribution in [0, 0.1) is 6.92 Å². The van der Waals surface area contributed by atoms with Gasteiger partial charge in [0.15, 0.2) is 0 Å². The summed E-state index contributed by atoms with van der Waals surface area (Å²) < 4.78 is 43.9.